The predicted molar refractivity (Wildman–Crippen MR) is 64.6 cm³/mol. The van der Waals surface area contributed by atoms with Crippen molar-refractivity contribution in [2.75, 3.05) is 0 Å². The van der Waals surface area contributed by atoms with Crippen molar-refractivity contribution in [1.29, 1.82) is 0 Å². The lowest BCUT2D eigenvalue weighted by atomic mass is 10.1. The van der Waals surface area contributed by atoms with Crippen molar-refractivity contribution in [2.24, 2.45) is 0 Å². The van der Waals surface area contributed by atoms with E-state index in [-0.39, 0.29) is 6.15 Å². The fourth-order valence-corrected chi connectivity index (χ4v) is 1.54. The SMILES string of the molecule is Brc1ccc(-c2ccccc2)cc1.N. The Balaban J connectivity index is 0.000000980. The summed E-state index contributed by atoms with van der Waals surface area (Å²) in [6, 6.07) is 18.7. The maximum absolute atomic E-state index is 3.42. The Labute approximate surface area is 92.5 Å². The largest absolute Gasteiger partial charge is 0.344 e. The highest BCUT2D eigenvalue weighted by Crippen LogP contribution is 2.20. The molecular weight excluding hydrogens is 238 g/mol. The minimum absolute atomic E-state index is 0. The van der Waals surface area contributed by atoms with Crippen molar-refractivity contribution in [3.05, 3.63) is 59.1 Å². The molecule has 14 heavy (non-hydrogen) atoms. The van der Waals surface area contributed by atoms with Gasteiger partial charge in [0.05, 0.1) is 0 Å². The third-order valence-electron chi connectivity index (χ3n) is 1.95. The van der Waals surface area contributed by atoms with Gasteiger partial charge in [-0.2, -0.15) is 0 Å². The highest BCUT2D eigenvalue weighted by molar-refractivity contribution is 9.10. The van der Waals surface area contributed by atoms with Crippen LogP contribution in [-0.4, -0.2) is 0 Å². The van der Waals surface area contributed by atoms with Crippen molar-refractivity contribution in [3.8, 4) is 11.1 Å². The van der Waals surface area contributed by atoms with Crippen LogP contribution in [0.25, 0.3) is 11.1 Å². The Hall–Kier alpha value is -1.12. The zero-order chi connectivity index (χ0) is 9.10. The summed E-state index contributed by atoms with van der Waals surface area (Å²) in [6.45, 7) is 0. The number of hydrogen-bond donors (Lipinski definition) is 1. The molecule has 0 spiro atoms. The van der Waals surface area contributed by atoms with E-state index in [0.717, 1.165) is 4.47 Å². The Kier molecular flexibility index (Phi) is 3.86. The second kappa shape index (κ2) is 4.94. The van der Waals surface area contributed by atoms with Crippen molar-refractivity contribution in [2.45, 2.75) is 0 Å². The first-order valence-corrected chi connectivity index (χ1v) is 4.96. The monoisotopic (exact) mass is 249 g/mol. The smallest absolute Gasteiger partial charge is 0.0175 e. The summed E-state index contributed by atoms with van der Waals surface area (Å²) in [4.78, 5) is 0. The van der Waals surface area contributed by atoms with Gasteiger partial charge in [0.15, 0.2) is 0 Å². The number of benzene rings is 2. The second-order valence-corrected chi connectivity index (χ2v) is 3.79. The Bertz CT molecular complexity index is 381. The molecule has 2 heteroatoms. The molecule has 2 rings (SSSR count). The molecule has 1 nitrogen and oxygen atoms in total. The highest BCUT2D eigenvalue weighted by Gasteiger charge is 1.94. The first-order valence-electron chi connectivity index (χ1n) is 4.17. The van der Waals surface area contributed by atoms with Gasteiger partial charge in [-0.15, -0.1) is 0 Å². The van der Waals surface area contributed by atoms with Crippen LogP contribution in [0.5, 0.6) is 0 Å². The lowest BCUT2D eigenvalue weighted by Crippen LogP contribution is -1.75. The van der Waals surface area contributed by atoms with Gasteiger partial charge in [0.25, 0.3) is 0 Å². The third kappa shape index (κ3) is 2.44. The third-order valence-corrected chi connectivity index (χ3v) is 2.48. The molecule has 2 aromatic rings. The minimum Gasteiger partial charge on any atom is -0.344 e. The zero-order valence-electron chi connectivity index (χ0n) is 7.78. The maximum atomic E-state index is 3.42. The molecular formula is C12H12BrN. The molecule has 0 atom stereocenters. The highest BCUT2D eigenvalue weighted by atomic mass is 79.9. The molecule has 0 unspecified atom stereocenters. The standard InChI is InChI=1S/C12H9Br.H3N/c13-12-8-6-11(7-9-12)10-4-2-1-3-5-10;/h1-9H;1H3. The van der Waals surface area contributed by atoms with E-state index in [9.17, 15) is 0 Å². The van der Waals surface area contributed by atoms with Crippen LogP contribution in [0.15, 0.2) is 59.1 Å². The van der Waals surface area contributed by atoms with E-state index < -0.39 is 0 Å². The van der Waals surface area contributed by atoms with E-state index in [0.29, 0.717) is 0 Å². The molecule has 0 heterocycles. The van der Waals surface area contributed by atoms with Gasteiger partial charge in [-0.3, -0.25) is 0 Å². The van der Waals surface area contributed by atoms with Crippen LogP contribution in [0.1, 0.15) is 0 Å². The molecule has 0 fully saturated rings. The van der Waals surface area contributed by atoms with Gasteiger partial charge in [-0.1, -0.05) is 58.4 Å². The van der Waals surface area contributed by atoms with Crippen LogP contribution in [-0.2, 0) is 0 Å². The van der Waals surface area contributed by atoms with Crippen molar-refractivity contribution in [3.63, 3.8) is 0 Å². The van der Waals surface area contributed by atoms with Gasteiger partial charge in [0, 0.05) is 4.47 Å². The molecule has 3 N–H and O–H groups in total. The maximum Gasteiger partial charge on any atom is 0.0175 e. The van der Waals surface area contributed by atoms with E-state index >= 15 is 0 Å². The molecule has 0 radical (unpaired) electrons. The summed E-state index contributed by atoms with van der Waals surface area (Å²) in [7, 11) is 0. The van der Waals surface area contributed by atoms with E-state index in [1.54, 1.807) is 0 Å². The normalized spacial score (nSPS) is 9.21. The molecule has 0 saturated carbocycles. The number of hydrogen-bond acceptors (Lipinski definition) is 1. The summed E-state index contributed by atoms with van der Waals surface area (Å²) in [5.74, 6) is 0. The van der Waals surface area contributed by atoms with Crippen LogP contribution >= 0.6 is 15.9 Å². The molecule has 0 bridgehead atoms. The molecule has 0 aliphatic rings. The van der Waals surface area contributed by atoms with Gasteiger partial charge in [0.2, 0.25) is 0 Å². The van der Waals surface area contributed by atoms with Crippen LogP contribution in [0.3, 0.4) is 0 Å². The average molecular weight is 250 g/mol. The van der Waals surface area contributed by atoms with Gasteiger partial charge in [0.1, 0.15) is 0 Å². The first-order chi connectivity index (χ1) is 6.36. The van der Waals surface area contributed by atoms with Crippen LogP contribution < -0.4 is 6.15 Å². The molecule has 0 aromatic heterocycles. The minimum atomic E-state index is 0. The average Bonchev–Trinajstić information content (AvgIpc) is 2.20. The Morgan fingerprint density at radius 1 is 0.643 bits per heavy atom. The van der Waals surface area contributed by atoms with Gasteiger partial charge >= 0.3 is 0 Å². The van der Waals surface area contributed by atoms with Crippen molar-refractivity contribution < 1.29 is 0 Å². The van der Waals surface area contributed by atoms with Crippen molar-refractivity contribution >= 4 is 15.9 Å². The summed E-state index contributed by atoms with van der Waals surface area (Å²) >= 11 is 3.42. The number of rotatable bonds is 1. The summed E-state index contributed by atoms with van der Waals surface area (Å²) < 4.78 is 1.12. The van der Waals surface area contributed by atoms with Gasteiger partial charge in [-0.25, -0.2) is 0 Å². The second-order valence-electron chi connectivity index (χ2n) is 2.87. The van der Waals surface area contributed by atoms with Gasteiger partial charge in [-0.05, 0) is 23.3 Å². The molecule has 0 amide bonds. The zero-order valence-corrected chi connectivity index (χ0v) is 9.37. The predicted octanol–water partition coefficient (Wildman–Crippen LogP) is 4.28. The molecule has 0 aliphatic heterocycles. The lowest BCUT2D eigenvalue weighted by Gasteiger charge is -2.00. The lowest BCUT2D eigenvalue weighted by molar-refractivity contribution is 1.59. The van der Waals surface area contributed by atoms with Crippen LogP contribution in [0.4, 0.5) is 0 Å². The molecule has 2 aromatic carbocycles. The fourth-order valence-electron chi connectivity index (χ4n) is 1.27. The quantitative estimate of drug-likeness (QED) is 0.805. The van der Waals surface area contributed by atoms with E-state index in [1.807, 2.05) is 6.07 Å². The Morgan fingerprint density at radius 2 is 1.14 bits per heavy atom. The fraction of sp³-hybridized carbons (Fsp3) is 0. The molecule has 72 valence electrons. The number of halogens is 1. The summed E-state index contributed by atoms with van der Waals surface area (Å²) in [6.07, 6.45) is 0. The van der Waals surface area contributed by atoms with E-state index in [2.05, 4.69) is 64.5 Å². The topological polar surface area (TPSA) is 35.0 Å². The van der Waals surface area contributed by atoms with E-state index in [4.69, 9.17) is 0 Å². The first kappa shape index (κ1) is 11.0. The van der Waals surface area contributed by atoms with Crippen molar-refractivity contribution in [1.82, 2.24) is 6.15 Å². The molecule has 0 saturated heterocycles. The summed E-state index contributed by atoms with van der Waals surface area (Å²) in [5.41, 5.74) is 2.51. The van der Waals surface area contributed by atoms with E-state index in [1.165, 1.54) is 11.1 Å². The summed E-state index contributed by atoms with van der Waals surface area (Å²) in [5, 5.41) is 0. The Morgan fingerprint density at radius 3 is 1.71 bits per heavy atom. The van der Waals surface area contributed by atoms with Gasteiger partial charge < -0.3 is 6.15 Å². The van der Waals surface area contributed by atoms with Crippen LogP contribution in [0, 0.1) is 0 Å². The molecule has 0 aliphatic carbocycles. The van der Waals surface area contributed by atoms with Crippen LogP contribution in [0.2, 0.25) is 0 Å².